The van der Waals surface area contributed by atoms with E-state index >= 15 is 0 Å². The molecule has 8 nitrogen and oxygen atoms in total. The maximum absolute atomic E-state index is 13.3. The number of aryl methyl sites for hydroxylation is 1. The molecule has 1 aliphatic carbocycles. The average molecular weight is 509 g/mol. The Balaban J connectivity index is 2.07. The van der Waals surface area contributed by atoms with E-state index in [0.29, 0.717) is 23.6 Å². The van der Waals surface area contributed by atoms with E-state index in [-0.39, 0.29) is 33.8 Å². The number of methoxy groups -OCH3 is 1. The van der Waals surface area contributed by atoms with Gasteiger partial charge in [-0.15, -0.1) is 0 Å². The monoisotopic (exact) mass is 508 g/mol. The van der Waals surface area contributed by atoms with Crippen LogP contribution in [-0.2, 0) is 21.8 Å². The number of carbonyl (C=O) groups is 1. The summed E-state index contributed by atoms with van der Waals surface area (Å²) in [4.78, 5) is 13.4. The van der Waals surface area contributed by atoms with Crippen LogP contribution in [0.1, 0.15) is 63.1 Å². The van der Waals surface area contributed by atoms with Crippen molar-refractivity contribution in [3.63, 3.8) is 0 Å². The van der Waals surface area contributed by atoms with Crippen molar-refractivity contribution in [1.29, 1.82) is 0 Å². The zero-order chi connectivity index (χ0) is 25.3. The molecule has 3 rings (SSSR count). The maximum Gasteiger partial charge on any atom is 0.271 e. The van der Waals surface area contributed by atoms with Gasteiger partial charge in [0.15, 0.2) is 5.69 Å². The highest BCUT2D eigenvalue weighted by molar-refractivity contribution is 7.92. The van der Waals surface area contributed by atoms with Gasteiger partial charge in [-0.2, -0.15) is 5.10 Å². The molecule has 1 heterocycles. The van der Waals surface area contributed by atoms with E-state index in [1.54, 1.807) is 14.2 Å². The number of benzene rings is 1. The predicted molar refractivity (Wildman–Crippen MR) is 134 cm³/mol. The molecule has 1 amide bonds. The first-order valence-corrected chi connectivity index (χ1v) is 13.1. The van der Waals surface area contributed by atoms with Crippen molar-refractivity contribution < 1.29 is 17.9 Å². The fourth-order valence-corrected chi connectivity index (χ4v) is 4.83. The molecule has 34 heavy (non-hydrogen) atoms. The van der Waals surface area contributed by atoms with Crippen LogP contribution in [0.25, 0.3) is 5.57 Å². The van der Waals surface area contributed by atoms with Crippen LogP contribution in [0, 0.1) is 5.41 Å². The third kappa shape index (κ3) is 5.82. The number of hydrogen-bond donors (Lipinski definition) is 2. The predicted octanol–water partition coefficient (Wildman–Crippen LogP) is 4.62. The lowest BCUT2D eigenvalue weighted by Gasteiger charge is -2.28. The fraction of sp³-hybridized carbons (Fsp3) is 0.500. The lowest BCUT2D eigenvalue weighted by Crippen LogP contribution is -2.42. The van der Waals surface area contributed by atoms with Gasteiger partial charge in [-0.25, -0.2) is 8.42 Å². The van der Waals surface area contributed by atoms with Crippen LogP contribution in [0.15, 0.2) is 35.2 Å². The SMILES string of the molecule is COC1CC=C(c2nn(C)c(C(=O)NC(C)C(C)(C)C)c2NS(=O)(=O)c2ccc(Cl)cc2)CC1. The summed E-state index contributed by atoms with van der Waals surface area (Å²) in [5, 5.41) is 7.99. The topological polar surface area (TPSA) is 102 Å². The molecule has 0 fully saturated rings. The Hall–Kier alpha value is -2.36. The number of anilines is 1. The van der Waals surface area contributed by atoms with Crippen LogP contribution in [0.3, 0.4) is 0 Å². The Morgan fingerprint density at radius 1 is 1.26 bits per heavy atom. The third-order valence-electron chi connectivity index (χ3n) is 6.27. The molecule has 0 aliphatic heterocycles. The van der Waals surface area contributed by atoms with Crippen molar-refractivity contribution in [2.75, 3.05) is 11.8 Å². The normalized spacial score (nSPS) is 17.7. The molecular formula is C24H33ClN4O4S. The van der Waals surface area contributed by atoms with Crippen molar-refractivity contribution in [2.24, 2.45) is 12.5 Å². The first-order chi connectivity index (χ1) is 15.8. The van der Waals surface area contributed by atoms with Gasteiger partial charge in [-0.05, 0) is 61.4 Å². The van der Waals surface area contributed by atoms with Crippen molar-refractivity contribution in [1.82, 2.24) is 15.1 Å². The number of aromatic nitrogens is 2. The van der Waals surface area contributed by atoms with E-state index in [4.69, 9.17) is 16.3 Å². The lowest BCUT2D eigenvalue weighted by molar-refractivity contribution is 0.0901. The molecule has 1 aliphatic rings. The highest BCUT2D eigenvalue weighted by Gasteiger charge is 2.31. The summed E-state index contributed by atoms with van der Waals surface area (Å²) in [5.74, 6) is -0.399. The van der Waals surface area contributed by atoms with E-state index in [2.05, 4.69) is 15.1 Å². The minimum Gasteiger partial charge on any atom is -0.381 e. The van der Waals surface area contributed by atoms with Gasteiger partial charge in [0, 0.05) is 25.2 Å². The van der Waals surface area contributed by atoms with E-state index in [9.17, 15) is 13.2 Å². The highest BCUT2D eigenvalue weighted by Crippen LogP contribution is 2.35. The highest BCUT2D eigenvalue weighted by atomic mass is 35.5. The average Bonchev–Trinajstić information content (AvgIpc) is 3.08. The number of rotatable bonds is 7. The molecule has 0 saturated carbocycles. The Labute approximate surface area is 206 Å². The zero-order valence-corrected chi connectivity index (χ0v) is 22.0. The molecular weight excluding hydrogens is 476 g/mol. The number of nitrogens with one attached hydrogen (secondary N) is 2. The number of allylic oxidation sites excluding steroid dienone is 1. The lowest BCUT2D eigenvalue weighted by atomic mass is 9.88. The summed E-state index contributed by atoms with van der Waals surface area (Å²) >= 11 is 5.93. The molecule has 1 aromatic carbocycles. The van der Waals surface area contributed by atoms with Crippen LogP contribution in [0.5, 0.6) is 0 Å². The summed E-state index contributed by atoms with van der Waals surface area (Å²) in [6, 6.07) is 5.70. The maximum atomic E-state index is 13.3. The van der Waals surface area contributed by atoms with Gasteiger partial charge in [-0.1, -0.05) is 38.4 Å². The smallest absolute Gasteiger partial charge is 0.271 e. The minimum atomic E-state index is -4.00. The van der Waals surface area contributed by atoms with E-state index in [0.717, 1.165) is 12.0 Å². The number of sulfonamides is 1. The Morgan fingerprint density at radius 3 is 2.44 bits per heavy atom. The standard InChI is InChI=1S/C24H33ClN4O4S/c1-15(24(2,3)4)26-23(30)22-21(28-34(31,32)19-13-9-17(25)10-14-19)20(27-29(22)5)16-7-11-18(33-6)12-8-16/h7,9-10,13-15,18,28H,8,11-12H2,1-6H3,(H,26,30). The van der Waals surface area contributed by atoms with Gasteiger partial charge in [-0.3, -0.25) is 14.2 Å². The number of carbonyl (C=O) groups excluding carboxylic acids is 1. The summed E-state index contributed by atoms with van der Waals surface area (Å²) in [6.45, 7) is 7.99. The largest absolute Gasteiger partial charge is 0.381 e. The zero-order valence-electron chi connectivity index (χ0n) is 20.5. The van der Waals surface area contributed by atoms with Gasteiger partial charge in [0.2, 0.25) is 0 Å². The van der Waals surface area contributed by atoms with Crippen molar-refractivity contribution in [3.8, 4) is 0 Å². The van der Waals surface area contributed by atoms with Crippen LogP contribution < -0.4 is 10.0 Å². The van der Waals surface area contributed by atoms with E-state index in [1.165, 1.54) is 28.9 Å². The molecule has 2 N–H and O–H groups in total. The second-order valence-electron chi connectivity index (χ2n) is 9.68. The molecule has 2 unspecified atom stereocenters. The van der Waals surface area contributed by atoms with E-state index in [1.807, 2.05) is 33.8 Å². The second-order valence-corrected chi connectivity index (χ2v) is 11.8. The molecule has 2 atom stereocenters. The summed E-state index contributed by atoms with van der Waals surface area (Å²) in [6.07, 6.45) is 4.24. The van der Waals surface area contributed by atoms with Gasteiger partial charge < -0.3 is 10.1 Å². The molecule has 1 aromatic heterocycles. The summed E-state index contributed by atoms with van der Waals surface area (Å²) in [7, 11) is -0.684. The van der Waals surface area contributed by atoms with Crippen molar-refractivity contribution in [2.45, 2.75) is 64.0 Å². The summed E-state index contributed by atoms with van der Waals surface area (Å²) in [5.41, 5.74) is 1.46. The fourth-order valence-electron chi connectivity index (χ4n) is 3.63. The second kappa shape index (κ2) is 10.1. The Bertz CT molecular complexity index is 1180. The van der Waals surface area contributed by atoms with Gasteiger partial charge in [0.25, 0.3) is 15.9 Å². The molecule has 10 heteroatoms. The number of nitrogens with zero attached hydrogens (tertiary/aromatic N) is 2. The first-order valence-electron chi connectivity index (χ1n) is 11.2. The molecule has 0 spiro atoms. The van der Waals surface area contributed by atoms with Gasteiger partial charge in [0.1, 0.15) is 11.4 Å². The number of amides is 1. The number of hydrogen-bond acceptors (Lipinski definition) is 5. The van der Waals surface area contributed by atoms with Crippen LogP contribution in [0.2, 0.25) is 5.02 Å². The van der Waals surface area contributed by atoms with Crippen LogP contribution in [-0.4, -0.2) is 43.4 Å². The first kappa shape index (κ1) is 26.2. The molecule has 0 saturated heterocycles. The van der Waals surface area contributed by atoms with Crippen LogP contribution >= 0.6 is 11.6 Å². The molecule has 0 radical (unpaired) electrons. The van der Waals surface area contributed by atoms with E-state index < -0.39 is 15.9 Å². The quantitative estimate of drug-likeness (QED) is 0.568. The van der Waals surface area contributed by atoms with Gasteiger partial charge in [0.05, 0.1) is 11.0 Å². The number of ether oxygens (including phenoxy) is 1. The molecule has 186 valence electrons. The third-order valence-corrected chi connectivity index (χ3v) is 7.89. The van der Waals surface area contributed by atoms with Gasteiger partial charge >= 0.3 is 0 Å². The number of halogens is 1. The minimum absolute atomic E-state index is 0.0400. The van der Waals surface area contributed by atoms with Crippen molar-refractivity contribution >= 4 is 38.8 Å². The Kier molecular flexibility index (Phi) is 7.79. The summed E-state index contributed by atoms with van der Waals surface area (Å²) < 4.78 is 36.0. The Morgan fingerprint density at radius 2 is 1.91 bits per heavy atom. The van der Waals surface area contributed by atoms with Crippen LogP contribution in [0.4, 0.5) is 5.69 Å². The van der Waals surface area contributed by atoms with Crippen molar-refractivity contribution in [3.05, 3.63) is 46.8 Å². The molecule has 0 bridgehead atoms. The molecule has 2 aromatic rings.